The molecule has 37 heavy (non-hydrogen) atoms. The molecule has 1 N–H and O–H groups in total. The summed E-state index contributed by atoms with van der Waals surface area (Å²) in [6, 6.07) is 31.6. The highest BCUT2D eigenvalue weighted by Gasteiger charge is 2.27. The molecule has 5 rings (SSSR count). The summed E-state index contributed by atoms with van der Waals surface area (Å²) < 4.78 is 6.06. The number of β-amino-alcohol motifs (C(OH)–C–C–N with tert-alkyl or cyclic N) is 1. The molecule has 1 fully saturated rings. The van der Waals surface area contributed by atoms with Crippen molar-refractivity contribution in [1.82, 2.24) is 14.8 Å². The number of hydrogen-bond donors (Lipinski definition) is 1. The van der Waals surface area contributed by atoms with Gasteiger partial charge >= 0.3 is 0 Å². The minimum absolute atomic E-state index is 0.241. The van der Waals surface area contributed by atoms with Crippen LogP contribution >= 0.6 is 0 Å². The summed E-state index contributed by atoms with van der Waals surface area (Å²) in [5, 5.41) is 11.7. The van der Waals surface area contributed by atoms with Crippen LogP contribution in [0, 0.1) is 0 Å². The Balaban J connectivity index is 1.17. The molecule has 0 saturated carbocycles. The number of hydrogen-bond acceptors (Lipinski definition) is 6. The van der Waals surface area contributed by atoms with Crippen LogP contribution in [0.1, 0.15) is 17.2 Å². The predicted molar refractivity (Wildman–Crippen MR) is 150 cm³/mol. The lowest BCUT2D eigenvalue weighted by atomic mass is 9.96. The molecule has 0 spiro atoms. The second-order valence-electron chi connectivity index (χ2n) is 9.91. The zero-order valence-electron chi connectivity index (χ0n) is 21.7. The average Bonchev–Trinajstić information content (AvgIpc) is 2.94. The molecule has 4 aromatic rings. The number of aliphatic hydroxyl groups excluding tert-OH is 1. The van der Waals surface area contributed by atoms with E-state index in [0.29, 0.717) is 6.54 Å². The van der Waals surface area contributed by atoms with Crippen molar-refractivity contribution >= 4 is 16.7 Å². The first-order valence-corrected chi connectivity index (χ1v) is 13.0. The molecular weight excluding hydrogens is 460 g/mol. The SMILES string of the molecule is CN(C)c1ccc2c(OCC(O)CN3CCN(C(c4ccccc4)c4ccccc4)CC3)cccc2n1. The van der Waals surface area contributed by atoms with Crippen LogP contribution in [-0.2, 0) is 0 Å². The summed E-state index contributed by atoms with van der Waals surface area (Å²) in [7, 11) is 3.96. The molecule has 1 aliphatic rings. The van der Waals surface area contributed by atoms with Crippen LogP contribution in [0.15, 0.2) is 91.0 Å². The van der Waals surface area contributed by atoms with Gasteiger partial charge in [0.05, 0.1) is 11.6 Å². The number of aromatic nitrogens is 1. The van der Waals surface area contributed by atoms with Gasteiger partial charge < -0.3 is 14.7 Å². The van der Waals surface area contributed by atoms with Gasteiger partial charge in [0.25, 0.3) is 0 Å². The minimum Gasteiger partial charge on any atom is -0.490 e. The van der Waals surface area contributed by atoms with Crippen LogP contribution in [0.5, 0.6) is 5.75 Å². The summed E-state index contributed by atoms with van der Waals surface area (Å²) in [6.07, 6.45) is -0.560. The number of nitrogens with zero attached hydrogens (tertiary/aromatic N) is 4. The van der Waals surface area contributed by atoms with Crippen molar-refractivity contribution in [2.45, 2.75) is 12.1 Å². The van der Waals surface area contributed by atoms with Crippen LogP contribution in [0.25, 0.3) is 10.9 Å². The van der Waals surface area contributed by atoms with Gasteiger partial charge in [-0.3, -0.25) is 9.80 Å². The molecule has 1 saturated heterocycles. The predicted octanol–water partition coefficient (Wildman–Crippen LogP) is 4.45. The summed E-state index contributed by atoms with van der Waals surface area (Å²) in [6.45, 7) is 4.59. The van der Waals surface area contributed by atoms with Gasteiger partial charge in [-0.25, -0.2) is 4.98 Å². The smallest absolute Gasteiger partial charge is 0.128 e. The lowest BCUT2D eigenvalue weighted by molar-refractivity contribution is 0.0404. The number of fused-ring (bicyclic) bond motifs is 1. The first-order valence-electron chi connectivity index (χ1n) is 13.0. The van der Waals surface area contributed by atoms with E-state index in [4.69, 9.17) is 9.72 Å². The Bertz CT molecular complexity index is 1230. The second-order valence-corrected chi connectivity index (χ2v) is 9.91. The number of aliphatic hydroxyl groups is 1. The molecule has 1 atom stereocenters. The van der Waals surface area contributed by atoms with Crippen molar-refractivity contribution < 1.29 is 9.84 Å². The number of rotatable bonds is 9. The summed E-state index contributed by atoms with van der Waals surface area (Å²) in [4.78, 5) is 11.6. The lowest BCUT2D eigenvalue weighted by Gasteiger charge is -2.40. The average molecular weight is 497 g/mol. The Hall–Kier alpha value is -3.45. The molecule has 0 radical (unpaired) electrons. The lowest BCUT2D eigenvalue weighted by Crippen LogP contribution is -2.50. The van der Waals surface area contributed by atoms with E-state index in [9.17, 15) is 5.11 Å². The molecule has 6 nitrogen and oxygen atoms in total. The Morgan fingerprint density at radius 2 is 1.46 bits per heavy atom. The quantitative estimate of drug-likeness (QED) is 0.370. The van der Waals surface area contributed by atoms with E-state index >= 15 is 0 Å². The van der Waals surface area contributed by atoms with Gasteiger partial charge in [0.2, 0.25) is 0 Å². The van der Waals surface area contributed by atoms with Gasteiger partial charge in [0, 0.05) is 52.2 Å². The van der Waals surface area contributed by atoms with Crippen LogP contribution in [0.4, 0.5) is 5.82 Å². The molecule has 6 heteroatoms. The van der Waals surface area contributed by atoms with E-state index in [2.05, 4.69) is 70.5 Å². The van der Waals surface area contributed by atoms with Crippen molar-refractivity contribution in [2.75, 3.05) is 58.3 Å². The third-order valence-corrected chi connectivity index (χ3v) is 7.04. The molecule has 192 valence electrons. The van der Waals surface area contributed by atoms with Gasteiger partial charge in [0.15, 0.2) is 0 Å². The number of ether oxygens (including phenoxy) is 1. The van der Waals surface area contributed by atoms with E-state index in [1.807, 2.05) is 49.3 Å². The molecule has 0 amide bonds. The van der Waals surface area contributed by atoms with Crippen LogP contribution in [-0.4, -0.2) is 79.4 Å². The van der Waals surface area contributed by atoms with Crippen molar-refractivity contribution in [3.05, 3.63) is 102 Å². The molecule has 0 bridgehead atoms. The van der Waals surface area contributed by atoms with Crippen molar-refractivity contribution in [3.63, 3.8) is 0 Å². The number of piperazine rings is 1. The summed E-state index contributed by atoms with van der Waals surface area (Å²) in [5.74, 6) is 1.67. The standard InChI is InChI=1S/C31H36N4O2/c1-33(2)30-17-16-27-28(32-30)14-9-15-29(27)37-23-26(36)22-34-18-20-35(21-19-34)31(24-10-5-3-6-11-24)25-12-7-4-8-13-25/h3-17,26,31,36H,18-23H2,1-2H3. The van der Waals surface area contributed by atoms with Gasteiger partial charge in [0.1, 0.15) is 24.3 Å². The first-order chi connectivity index (χ1) is 18.1. The Morgan fingerprint density at radius 3 is 2.08 bits per heavy atom. The van der Waals surface area contributed by atoms with Crippen molar-refractivity contribution in [3.8, 4) is 5.75 Å². The maximum absolute atomic E-state index is 10.8. The maximum atomic E-state index is 10.8. The topological polar surface area (TPSA) is 52.1 Å². The molecule has 0 aliphatic carbocycles. The molecule has 2 heterocycles. The summed E-state index contributed by atoms with van der Waals surface area (Å²) >= 11 is 0. The molecule has 1 aliphatic heterocycles. The highest BCUT2D eigenvalue weighted by Crippen LogP contribution is 2.30. The summed E-state index contributed by atoms with van der Waals surface area (Å²) in [5.41, 5.74) is 3.52. The monoisotopic (exact) mass is 496 g/mol. The highest BCUT2D eigenvalue weighted by atomic mass is 16.5. The van der Waals surface area contributed by atoms with Crippen LogP contribution in [0.3, 0.4) is 0 Å². The maximum Gasteiger partial charge on any atom is 0.128 e. The van der Waals surface area contributed by atoms with E-state index in [-0.39, 0.29) is 12.6 Å². The molecule has 1 unspecified atom stereocenters. The molecule has 3 aromatic carbocycles. The third-order valence-electron chi connectivity index (χ3n) is 7.04. The Labute approximate surface area is 219 Å². The minimum atomic E-state index is -0.560. The third kappa shape index (κ3) is 6.10. The van der Waals surface area contributed by atoms with Gasteiger partial charge in [-0.2, -0.15) is 0 Å². The van der Waals surface area contributed by atoms with Crippen molar-refractivity contribution in [1.29, 1.82) is 0 Å². The molecule has 1 aromatic heterocycles. The van der Waals surface area contributed by atoms with E-state index < -0.39 is 6.10 Å². The zero-order chi connectivity index (χ0) is 25.6. The number of pyridine rings is 1. The fourth-order valence-electron chi connectivity index (χ4n) is 5.12. The zero-order valence-corrected chi connectivity index (χ0v) is 21.7. The van der Waals surface area contributed by atoms with Crippen LogP contribution < -0.4 is 9.64 Å². The van der Waals surface area contributed by atoms with E-state index in [1.54, 1.807) is 0 Å². The fraction of sp³-hybridized carbons (Fsp3) is 0.323. The van der Waals surface area contributed by atoms with Crippen molar-refractivity contribution in [2.24, 2.45) is 0 Å². The highest BCUT2D eigenvalue weighted by molar-refractivity contribution is 5.86. The Morgan fingerprint density at radius 1 is 0.811 bits per heavy atom. The first kappa shape index (κ1) is 25.2. The largest absolute Gasteiger partial charge is 0.490 e. The number of anilines is 1. The molecular formula is C31H36N4O2. The van der Waals surface area contributed by atoms with Crippen LogP contribution in [0.2, 0.25) is 0 Å². The number of benzene rings is 3. The second kappa shape index (κ2) is 11.7. The van der Waals surface area contributed by atoms with E-state index in [0.717, 1.165) is 48.6 Å². The fourth-order valence-corrected chi connectivity index (χ4v) is 5.12. The van der Waals surface area contributed by atoms with Gasteiger partial charge in [-0.05, 0) is 35.4 Å². The normalized spacial score (nSPS) is 15.7. The van der Waals surface area contributed by atoms with Gasteiger partial charge in [-0.1, -0.05) is 66.7 Å². The Kier molecular flexibility index (Phi) is 7.99. The van der Waals surface area contributed by atoms with E-state index in [1.165, 1.54) is 11.1 Å². The van der Waals surface area contributed by atoms with Gasteiger partial charge in [-0.15, -0.1) is 0 Å².